The molecule has 1 N–H and O–H groups in total. The highest BCUT2D eigenvalue weighted by Crippen LogP contribution is 2.39. The monoisotopic (exact) mass is 330 g/mol. The maximum absolute atomic E-state index is 12.7. The lowest BCUT2D eigenvalue weighted by Gasteiger charge is -2.42. The lowest BCUT2D eigenvalue weighted by Crippen LogP contribution is -2.57. The molecule has 0 atom stereocenters. The summed E-state index contributed by atoms with van der Waals surface area (Å²) in [4.78, 5) is 13.9. The number of piperidine rings is 1. The van der Waals surface area contributed by atoms with E-state index in [1.165, 1.54) is 0 Å². The maximum Gasteiger partial charge on any atom is 0.225 e. The van der Waals surface area contributed by atoms with Crippen molar-refractivity contribution < 1.29 is 17.9 Å². The number of methoxy groups -OCH3 is 1. The van der Waals surface area contributed by atoms with Gasteiger partial charge in [0.2, 0.25) is 15.9 Å². The number of carbonyl (C=O) groups excluding carboxylic acids is 1. The molecule has 0 unspecified atom stereocenters. The zero-order valence-corrected chi connectivity index (χ0v) is 14.0. The highest BCUT2D eigenvalue weighted by atomic mass is 32.2. The number of hydrogen-bond acceptors (Lipinski definition) is 4. The fourth-order valence-corrected chi connectivity index (χ4v) is 5.50. The summed E-state index contributed by atoms with van der Waals surface area (Å²) >= 11 is 0. The molecule has 1 amide bonds. The van der Waals surface area contributed by atoms with Gasteiger partial charge in [0.1, 0.15) is 4.75 Å². The molecule has 3 rings (SSSR count). The molecule has 6 nitrogen and oxygen atoms in total. The van der Waals surface area contributed by atoms with Crippen LogP contribution in [0.5, 0.6) is 0 Å². The van der Waals surface area contributed by atoms with Crippen LogP contribution >= 0.6 is 0 Å². The first-order valence-corrected chi connectivity index (χ1v) is 9.75. The summed E-state index contributed by atoms with van der Waals surface area (Å²) in [6, 6.07) is -0.0532. The minimum atomic E-state index is -3.37. The molecule has 0 aromatic carbocycles. The Balaban J connectivity index is 1.54. The molecule has 7 heteroatoms. The van der Waals surface area contributed by atoms with Gasteiger partial charge in [0.25, 0.3) is 0 Å². The molecule has 0 aromatic rings. The Bertz CT molecular complexity index is 518. The van der Waals surface area contributed by atoms with Gasteiger partial charge in [-0.15, -0.1) is 0 Å². The predicted octanol–water partition coefficient (Wildman–Crippen LogP) is 0.876. The Kier molecular flexibility index (Phi) is 4.49. The number of nitrogens with zero attached hydrogens (tertiary/aromatic N) is 1. The summed E-state index contributed by atoms with van der Waals surface area (Å²) in [5.41, 5.74) is 0. The van der Waals surface area contributed by atoms with Gasteiger partial charge < -0.3 is 9.64 Å². The SMILES string of the molecule is COCC1(S(=O)(=O)NC2CCN(C(=O)C3CC3)CC2)CCC1. The van der Waals surface area contributed by atoms with E-state index in [0.717, 1.165) is 19.3 Å². The van der Waals surface area contributed by atoms with Crippen LogP contribution in [0.2, 0.25) is 0 Å². The van der Waals surface area contributed by atoms with E-state index in [2.05, 4.69) is 4.72 Å². The van der Waals surface area contributed by atoms with Gasteiger partial charge in [0.05, 0.1) is 6.61 Å². The average Bonchev–Trinajstić information content (AvgIpc) is 3.26. The van der Waals surface area contributed by atoms with Crippen LogP contribution in [0.25, 0.3) is 0 Å². The fraction of sp³-hybridized carbons (Fsp3) is 0.933. The molecule has 0 bridgehead atoms. The van der Waals surface area contributed by atoms with E-state index in [0.29, 0.717) is 38.8 Å². The molecule has 1 heterocycles. The zero-order chi connectivity index (χ0) is 15.8. The molecule has 2 aliphatic carbocycles. The lowest BCUT2D eigenvalue weighted by molar-refractivity contribution is -0.133. The van der Waals surface area contributed by atoms with Gasteiger partial charge in [-0.1, -0.05) is 6.42 Å². The Morgan fingerprint density at radius 3 is 2.32 bits per heavy atom. The molecule has 22 heavy (non-hydrogen) atoms. The standard InChI is InChI=1S/C15H26N2O4S/c1-21-11-15(7-2-8-15)22(19,20)16-13-5-9-17(10-6-13)14(18)12-3-4-12/h12-13,16H,2-11H2,1H3. The number of sulfonamides is 1. The highest BCUT2D eigenvalue weighted by molar-refractivity contribution is 7.91. The third-order valence-electron chi connectivity index (χ3n) is 5.30. The second-order valence-electron chi connectivity index (χ2n) is 6.96. The molecular weight excluding hydrogens is 304 g/mol. The number of likely N-dealkylation sites (tertiary alicyclic amines) is 1. The van der Waals surface area contributed by atoms with Crippen molar-refractivity contribution in [1.29, 1.82) is 0 Å². The fourth-order valence-electron chi connectivity index (χ4n) is 3.48. The molecule has 1 saturated heterocycles. The van der Waals surface area contributed by atoms with Crippen LogP contribution in [-0.2, 0) is 19.6 Å². The van der Waals surface area contributed by atoms with Crippen LogP contribution in [0, 0.1) is 5.92 Å². The molecule has 3 fully saturated rings. The average molecular weight is 330 g/mol. The van der Waals surface area contributed by atoms with Crippen molar-refractivity contribution >= 4 is 15.9 Å². The smallest absolute Gasteiger partial charge is 0.225 e. The summed E-state index contributed by atoms with van der Waals surface area (Å²) < 4.78 is 32.6. The first kappa shape index (κ1) is 16.2. The molecule has 0 aromatic heterocycles. The lowest BCUT2D eigenvalue weighted by atomic mass is 9.85. The van der Waals surface area contributed by atoms with E-state index in [4.69, 9.17) is 4.74 Å². The summed E-state index contributed by atoms with van der Waals surface area (Å²) in [5.74, 6) is 0.504. The Morgan fingerprint density at radius 2 is 1.86 bits per heavy atom. The van der Waals surface area contributed by atoms with E-state index in [-0.39, 0.29) is 24.5 Å². The van der Waals surface area contributed by atoms with E-state index in [1.807, 2.05) is 4.90 Å². The molecule has 3 aliphatic rings. The summed E-state index contributed by atoms with van der Waals surface area (Å²) in [5, 5.41) is 0. The van der Waals surface area contributed by atoms with Crippen molar-refractivity contribution in [3.8, 4) is 0 Å². The van der Waals surface area contributed by atoms with Gasteiger partial charge in [0.15, 0.2) is 0 Å². The predicted molar refractivity (Wildman–Crippen MR) is 82.8 cm³/mol. The van der Waals surface area contributed by atoms with Crippen molar-refractivity contribution in [2.45, 2.75) is 55.7 Å². The Morgan fingerprint density at radius 1 is 1.23 bits per heavy atom. The van der Waals surface area contributed by atoms with E-state index >= 15 is 0 Å². The number of carbonyl (C=O) groups is 1. The van der Waals surface area contributed by atoms with Gasteiger partial charge in [-0.25, -0.2) is 13.1 Å². The van der Waals surface area contributed by atoms with Crippen LogP contribution < -0.4 is 4.72 Å². The van der Waals surface area contributed by atoms with Crippen LogP contribution in [0.3, 0.4) is 0 Å². The van der Waals surface area contributed by atoms with E-state index < -0.39 is 14.8 Å². The summed E-state index contributed by atoms with van der Waals surface area (Å²) in [7, 11) is -1.81. The second kappa shape index (κ2) is 6.09. The normalized spacial score (nSPS) is 25.8. The Hall–Kier alpha value is -0.660. The largest absolute Gasteiger partial charge is 0.383 e. The van der Waals surface area contributed by atoms with Crippen LogP contribution in [0.4, 0.5) is 0 Å². The van der Waals surface area contributed by atoms with Crippen molar-refractivity contribution in [2.24, 2.45) is 5.92 Å². The van der Waals surface area contributed by atoms with Crippen LogP contribution in [-0.4, -0.2) is 56.8 Å². The molecule has 2 saturated carbocycles. The van der Waals surface area contributed by atoms with Gasteiger partial charge in [0, 0.05) is 32.2 Å². The van der Waals surface area contributed by atoms with Crippen LogP contribution in [0.1, 0.15) is 44.9 Å². The minimum Gasteiger partial charge on any atom is -0.383 e. The number of rotatable bonds is 6. The van der Waals surface area contributed by atoms with Gasteiger partial charge in [-0.05, 0) is 38.5 Å². The summed E-state index contributed by atoms with van der Waals surface area (Å²) in [6.07, 6.45) is 5.75. The van der Waals surface area contributed by atoms with Crippen LogP contribution in [0.15, 0.2) is 0 Å². The molecule has 1 aliphatic heterocycles. The molecule has 0 radical (unpaired) electrons. The van der Waals surface area contributed by atoms with Gasteiger partial charge in [-0.2, -0.15) is 0 Å². The number of ether oxygens (including phenoxy) is 1. The van der Waals surface area contributed by atoms with Crippen molar-refractivity contribution in [1.82, 2.24) is 9.62 Å². The van der Waals surface area contributed by atoms with E-state index in [1.54, 1.807) is 7.11 Å². The van der Waals surface area contributed by atoms with Crippen molar-refractivity contribution in [3.63, 3.8) is 0 Å². The number of amides is 1. The molecule has 126 valence electrons. The quantitative estimate of drug-likeness (QED) is 0.784. The third-order valence-corrected chi connectivity index (χ3v) is 7.61. The first-order valence-electron chi connectivity index (χ1n) is 8.27. The van der Waals surface area contributed by atoms with Crippen molar-refractivity contribution in [3.05, 3.63) is 0 Å². The summed E-state index contributed by atoms with van der Waals surface area (Å²) in [6.45, 7) is 1.60. The van der Waals surface area contributed by atoms with Gasteiger partial charge >= 0.3 is 0 Å². The molecule has 0 spiro atoms. The minimum absolute atomic E-state index is 0.0532. The van der Waals surface area contributed by atoms with Crippen molar-refractivity contribution in [2.75, 3.05) is 26.8 Å². The molecular formula is C15H26N2O4S. The second-order valence-corrected chi connectivity index (χ2v) is 9.07. The van der Waals surface area contributed by atoms with E-state index in [9.17, 15) is 13.2 Å². The zero-order valence-electron chi connectivity index (χ0n) is 13.2. The number of nitrogens with one attached hydrogen (secondary N) is 1. The Labute approximate surface area is 132 Å². The number of hydrogen-bond donors (Lipinski definition) is 1. The van der Waals surface area contributed by atoms with Gasteiger partial charge in [-0.3, -0.25) is 4.79 Å². The topological polar surface area (TPSA) is 75.7 Å². The third kappa shape index (κ3) is 3.03. The maximum atomic E-state index is 12.7. The first-order chi connectivity index (χ1) is 10.5. The highest BCUT2D eigenvalue weighted by Gasteiger charge is 2.49.